The van der Waals surface area contributed by atoms with Gasteiger partial charge in [0.15, 0.2) is 17.5 Å². The summed E-state index contributed by atoms with van der Waals surface area (Å²) in [6.07, 6.45) is 0. The van der Waals surface area contributed by atoms with E-state index < -0.39 is 30.2 Å². The summed E-state index contributed by atoms with van der Waals surface area (Å²) in [6, 6.07) is 61.9. The van der Waals surface area contributed by atoms with Crippen molar-refractivity contribution in [3.63, 3.8) is 0 Å². The van der Waals surface area contributed by atoms with Gasteiger partial charge in [0.2, 0.25) is 0 Å². The molecule has 0 unspecified atom stereocenters. The lowest BCUT2D eigenvalue weighted by Gasteiger charge is -2.13. The van der Waals surface area contributed by atoms with E-state index in [0.29, 0.717) is 22.3 Å². The van der Waals surface area contributed by atoms with Crippen molar-refractivity contribution in [3.8, 4) is 62.1 Å². The maximum absolute atomic E-state index is 9.07. The third kappa shape index (κ3) is 5.83. The van der Waals surface area contributed by atoms with E-state index in [1.807, 2.05) is 72.8 Å². The van der Waals surface area contributed by atoms with Crippen LogP contribution in [0.2, 0.25) is 0 Å². The number of hydrogen-bond acceptors (Lipinski definition) is 4. The minimum Gasteiger partial charge on any atom is -0.455 e. The summed E-state index contributed by atoms with van der Waals surface area (Å²) in [7, 11) is 0. The van der Waals surface area contributed by atoms with Crippen molar-refractivity contribution >= 4 is 65.3 Å². The summed E-state index contributed by atoms with van der Waals surface area (Å²) in [4.78, 5) is 15.2. The van der Waals surface area contributed by atoms with Gasteiger partial charge in [-0.25, -0.2) is 15.0 Å². The van der Waals surface area contributed by atoms with Gasteiger partial charge in [-0.2, -0.15) is 0 Å². The van der Waals surface area contributed by atoms with Crippen LogP contribution in [0.25, 0.3) is 127 Å². The molecule has 3 aromatic heterocycles. The molecule has 0 saturated carbocycles. The molecular weight excluding hydrogens is 781 g/mol. The van der Waals surface area contributed by atoms with Gasteiger partial charge < -0.3 is 8.98 Å². The summed E-state index contributed by atoms with van der Waals surface area (Å²) in [5.41, 5.74) is 9.20. The van der Waals surface area contributed by atoms with Crippen molar-refractivity contribution in [2.24, 2.45) is 0 Å². The van der Waals surface area contributed by atoms with Gasteiger partial charge in [0.25, 0.3) is 0 Å². The number of fused-ring (bicyclic) bond motifs is 9. The molecule has 0 bridgehead atoms. The van der Waals surface area contributed by atoms with E-state index in [9.17, 15) is 0 Å². The molecule has 0 aliphatic rings. The average Bonchev–Trinajstić information content (AvgIpc) is 3.95. The van der Waals surface area contributed by atoms with Crippen LogP contribution in [0.15, 0.2) is 223 Å². The second-order valence-electron chi connectivity index (χ2n) is 16.0. The van der Waals surface area contributed by atoms with Crippen LogP contribution in [-0.2, 0) is 0 Å². The fraction of sp³-hybridized carbons (Fsp3) is 0. The number of nitrogens with zero attached hydrogens (tertiary/aromatic N) is 4. The van der Waals surface area contributed by atoms with Crippen LogP contribution in [0.1, 0.15) is 6.85 Å². The van der Waals surface area contributed by atoms with Gasteiger partial charge in [0, 0.05) is 43.9 Å². The molecule has 0 saturated heterocycles. The van der Waals surface area contributed by atoms with Crippen molar-refractivity contribution in [3.05, 3.63) is 218 Å². The van der Waals surface area contributed by atoms with Crippen LogP contribution in [0.3, 0.4) is 0 Å². The van der Waals surface area contributed by atoms with E-state index >= 15 is 0 Å². The Morgan fingerprint density at radius 1 is 0.359 bits per heavy atom. The third-order valence-electron chi connectivity index (χ3n) is 12.3. The maximum Gasteiger partial charge on any atom is 0.167 e. The zero-order valence-electron chi connectivity index (χ0n) is 39.1. The lowest BCUT2D eigenvalue weighted by molar-refractivity contribution is 0.670. The van der Waals surface area contributed by atoms with Crippen molar-refractivity contribution < 1.29 is 11.3 Å². The van der Waals surface area contributed by atoms with E-state index in [4.69, 9.17) is 26.2 Å². The Morgan fingerprint density at radius 2 is 0.969 bits per heavy atom. The minimum atomic E-state index is -0.502. The molecule has 13 rings (SSSR count). The van der Waals surface area contributed by atoms with Crippen LogP contribution in [-0.4, -0.2) is 19.5 Å². The number of hydrogen-bond donors (Lipinski definition) is 0. The van der Waals surface area contributed by atoms with E-state index in [1.165, 1.54) is 0 Å². The highest BCUT2D eigenvalue weighted by Crippen LogP contribution is 2.43. The molecule has 0 amide bonds. The Kier molecular flexibility index (Phi) is 7.06. The van der Waals surface area contributed by atoms with Crippen molar-refractivity contribution in [1.82, 2.24) is 19.5 Å². The third-order valence-corrected chi connectivity index (χ3v) is 12.3. The second kappa shape index (κ2) is 14.5. The lowest BCUT2D eigenvalue weighted by atomic mass is 9.97. The molecule has 5 heteroatoms. The average molecular weight is 822 g/mol. The SMILES string of the molecule is [2H]c1c([2H])c([2H])c(-c2nc(-c3ccc4c(ccc5ccccc54)c3)nc(-c3cc(-n4c5ccccc5c5ccccc54)cc4c3oc3c(-c5cccc(-c6ccccc6)c5)cccc34)n2)c([2H])c1[2H]. The molecule has 13 aromatic rings. The molecule has 3 heterocycles. The fourth-order valence-corrected chi connectivity index (χ4v) is 9.36. The van der Waals surface area contributed by atoms with Crippen LogP contribution in [0.5, 0.6) is 0 Å². The van der Waals surface area contributed by atoms with Crippen LogP contribution in [0, 0.1) is 0 Å². The molecule has 0 aliphatic heterocycles. The molecule has 0 N–H and O–H groups in total. The Morgan fingerprint density at radius 3 is 1.78 bits per heavy atom. The van der Waals surface area contributed by atoms with Gasteiger partial charge in [0.1, 0.15) is 11.2 Å². The van der Waals surface area contributed by atoms with Gasteiger partial charge >= 0.3 is 0 Å². The first-order valence-corrected chi connectivity index (χ1v) is 21.2. The highest BCUT2D eigenvalue weighted by molar-refractivity contribution is 6.15. The lowest BCUT2D eigenvalue weighted by Crippen LogP contribution is -2.01. The Bertz CT molecular complexity index is 4200. The Hall–Kier alpha value is -8.67. The number of rotatable bonds is 6. The first kappa shape index (κ1) is 31.2. The van der Waals surface area contributed by atoms with E-state index in [1.54, 1.807) is 0 Å². The predicted molar refractivity (Wildman–Crippen MR) is 264 cm³/mol. The van der Waals surface area contributed by atoms with Crippen molar-refractivity contribution in [2.75, 3.05) is 0 Å². The number of para-hydroxylation sites is 3. The smallest absolute Gasteiger partial charge is 0.167 e. The molecule has 0 aliphatic carbocycles. The Labute approximate surface area is 375 Å². The molecule has 5 nitrogen and oxygen atoms in total. The zero-order chi connectivity index (χ0) is 46.5. The summed E-state index contributed by atoms with van der Waals surface area (Å²) in [6.45, 7) is 0. The number of furan rings is 1. The molecule has 0 radical (unpaired) electrons. The highest BCUT2D eigenvalue weighted by atomic mass is 16.3. The molecule has 64 heavy (non-hydrogen) atoms. The van der Waals surface area contributed by atoms with Gasteiger partial charge in [-0.15, -0.1) is 0 Å². The zero-order valence-corrected chi connectivity index (χ0v) is 34.1. The van der Waals surface area contributed by atoms with E-state index in [2.05, 4.69) is 120 Å². The monoisotopic (exact) mass is 821 g/mol. The molecule has 0 fully saturated rings. The van der Waals surface area contributed by atoms with Crippen LogP contribution in [0.4, 0.5) is 0 Å². The quantitative estimate of drug-likeness (QED) is 0.157. The van der Waals surface area contributed by atoms with Crippen LogP contribution >= 0.6 is 0 Å². The number of benzene rings is 10. The maximum atomic E-state index is 9.07. The molecule has 10 aromatic carbocycles. The van der Waals surface area contributed by atoms with Gasteiger partial charge in [0.05, 0.1) is 23.5 Å². The summed E-state index contributed by atoms with van der Waals surface area (Å²) < 4.78 is 53.2. The highest BCUT2D eigenvalue weighted by Gasteiger charge is 2.23. The minimum absolute atomic E-state index is 0.0597. The topological polar surface area (TPSA) is 56.7 Å². The fourth-order valence-electron chi connectivity index (χ4n) is 9.36. The summed E-state index contributed by atoms with van der Waals surface area (Å²) in [5.74, 6) is 0.414. The molecule has 0 atom stereocenters. The first-order chi connectivity index (χ1) is 33.8. The standard InChI is InChI=1S/C59H36N4O/c1-3-15-37(16-4-1)40-20-13-21-41(33-40)47-25-14-26-50-51-35-44(63-53-27-11-9-23-48(53)49-24-10-12-28-54(49)63)36-52(56(51)64-55(47)50)59-61-57(39-18-5-2-6-19-39)60-58(62-59)43-31-32-46-42(34-43)30-29-38-17-7-8-22-45(38)46/h1-36H/i2D,5D,6D,18D,19D. The summed E-state index contributed by atoms with van der Waals surface area (Å²) in [5, 5.41) is 8.17. The Balaban J connectivity index is 1.12. The van der Waals surface area contributed by atoms with E-state index in [-0.39, 0.29) is 23.0 Å². The normalized spacial score (nSPS) is 12.8. The van der Waals surface area contributed by atoms with Crippen molar-refractivity contribution in [2.45, 2.75) is 0 Å². The second-order valence-corrected chi connectivity index (χ2v) is 16.0. The van der Waals surface area contributed by atoms with Crippen LogP contribution < -0.4 is 0 Å². The van der Waals surface area contributed by atoms with Crippen molar-refractivity contribution in [1.29, 1.82) is 0 Å². The first-order valence-electron chi connectivity index (χ1n) is 23.7. The molecule has 0 spiro atoms. The van der Waals surface area contributed by atoms with Gasteiger partial charge in [-0.1, -0.05) is 182 Å². The predicted octanol–water partition coefficient (Wildman–Crippen LogP) is 15.5. The van der Waals surface area contributed by atoms with Gasteiger partial charge in [-0.05, 0) is 74.6 Å². The number of aromatic nitrogens is 4. The molecule has 298 valence electrons. The van der Waals surface area contributed by atoms with E-state index in [0.717, 1.165) is 82.1 Å². The molecular formula is C59H36N4O. The largest absolute Gasteiger partial charge is 0.455 e. The van der Waals surface area contributed by atoms with Gasteiger partial charge in [-0.3, -0.25) is 0 Å². The summed E-state index contributed by atoms with van der Waals surface area (Å²) >= 11 is 0.